The van der Waals surface area contributed by atoms with Crippen LogP contribution in [0.5, 0.6) is 0 Å². The number of nitro groups is 1. The van der Waals surface area contributed by atoms with Gasteiger partial charge in [0.05, 0.1) is 12.0 Å². The minimum absolute atomic E-state index is 0.0115. The zero-order valence-corrected chi connectivity index (χ0v) is 18.0. The van der Waals surface area contributed by atoms with E-state index in [2.05, 4.69) is 11.6 Å². The van der Waals surface area contributed by atoms with Crippen molar-refractivity contribution in [2.75, 3.05) is 19.1 Å². The van der Waals surface area contributed by atoms with Gasteiger partial charge in [-0.15, -0.1) is 0 Å². The maximum Gasteiger partial charge on any atom is 0.328 e. The summed E-state index contributed by atoms with van der Waals surface area (Å²) >= 11 is 1.81. The number of hydrogen-bond donors (Lipinski definition) is 1. The summed E-state index contributed by atoms with van der Waals surface area (Å²) in [5.41, 5.74) is 0.314. The van der Waals surface area contributed by atoms with Gasteiger partial charge in [0, 0.05) is 24.0 Å². The number of non-ortho nitro benzene ring substituents is 1. The van der Waals surface area contributed by atoms with E-state index in [1.807, 2.05) is 11.8 Å². The minimum Gasteiger partial charge on any atom is -0.467 e. The average Bonchev–Trinajstić information content (AvgIpc) is 3.20. The Balaban J connectivity index is 2.08. The Bertz CT molecular complexity index is 702. The number of benzene rings is 1. The van der Waals surface area contributed by atoms with Gasteiger partial charge in [0.2, 0.25) is 5.91 Å². The van der Waals surface area contributed by atoms with Crippen LogP contribution in [-0.2, 0) is 20.7 Å². The Kier molecular flexibility index (Phi) is 8.95. The van der Waals surface area contributed by atoms with Gasteiger partial charge in [-0.1, -0.05) is 31.4 Å². The minimum atomic E-state index is -0.808. The quantitative estimate of drug-likeness (QED) is 0.251. The normalized spacial score (nSPS) is 16.2. The van der Waals surface area contributed by atoms with Gasteiger partial charge in [-0.2, -0.15) is 11.8 Å². The monoisotopic (exact) mass is 422 g/mol. The third-order valence-corrected chi connectivity index (χ3v) is 6.37. The molecule has 1 atom stereocenters. The highest BCUT2D eigenvalue weighted by Crippen LogP contribution is 2.42. The number of carbonyl (C=O) groups excluding carboxylic acids is 2. The Morgan fingerprint density at radius 3 is 2.45 bits per heavy atom. The van der Waals surface area contributed by atoms with Crippen LogP contribution in [0.2, 0.25) is 0 Å². The Labute approximate surface area is 176 Å². The highest BCUT2D eigenvalue weighted by Gasteiger charge is 2.41. The molecule has 160 valence electrons. The van der Waals surface area contributed by atoms with E-state index in [0.29, 0.717) is 0 Å². The van der Waals surface area contributed by atoms with E-state index in [0.717, 1.165) is 56.3 Å². The summed E-state index contributed by atoms with van der Waals surface area (Å²) in [5.74, 6) is 0.506. The molecular formula is C21H30N2O5S. The number of nitro benzene ring substituents is 1. The number of esters is 1. The van der Waals surface area contributed by atoms with E-state index in [4.69, 9.17) is 4.74 Å². The molecule has 29 heavy (non-hydrogen) atoms. The molecule has 0 aromatic heterocycles. The molecule has 1 aromatic rings. The topological polar surface area (TPSA) is 98.5 Å². The Morgan fingerprint density at radius 1 is 1.24 bits per heavy atom. The maximum absolute atomic E-state index is 13.2. The molecule has 0 aliphatic heterocycles. The Morgan fingerprint density at radius 2 is 1.90 bits per heavy atom. The van der Waals surface area contributed by atoms with Crippen molar-refractivity contribution in [2.24, 2.45) is 5.41 Å². The molecule has 1 saturated carbocycles. The molecule has 7 nitrogen and oxygen atoms in total. The lowest BCUT2D eigenvalue weighted by molar-refractivity contribution is -0.384. The number of unbranched alkanes of at least 4 members (excludes halogenated alkanes) is 1. The summed E-state index contributed by atoms with van der Waals surface area (Å²) in [5, 5.41) is 13.7. The Hall–Kier alpha value is -2.09. The number of thioether (sulfide) groups is 1. The summed E-state index contributed by atoms with van der Waals surface area (Å²) in [6.07, 6.45) is 9.00. The van der Waals surface area contributed by atoms with Gasteiger partial charge in [-0.3, -0.25) is 14.9 Å². The zero-order valence-electron chi connectivity index (χ0n) is 17.1. The molecule has 1 N–H and O–H groups in total. The molecule has 1 unspecified atom stereocenters. The predicted octanol–water partition coefficient (Wildman–Crippen LogP) is 3.89. The van der Waals surface area contributed by atoms with Crippen LogP contribution in [-0.4, -0.2) is 42.0 Å². The zero-order chi connectivity index (χ0) is 21.3. The van der Waals surface area contributed by atoms with Crippen LogP contribution in [0.15, 0.2) is 24.3 Å². The number of carbonyl (C=O) groups is 2. The summed E-state index contributed by atoms with van der Waals surface area (Å²) < 4.78 is 4.89. The molecule has 8 heteroatoms. The van der Waals surface area contributed by atoms with Gasteiger partial charge in [0.25, 0.3) is 5.69 Å². The van der Waals surface area contributed by atoms with Crippen molar-refractivity contribution in [1.29, 1.82) is 0 Å². The predicted molar refractivity (Wildman–Crippen MR) is 114 cm³/mol. The molecule has 1 aromatic carbocycles. The van der Waals surface area contributed by atoms with Crippen molar-refractivity contribution in [1.82, 2.24) is 5.32 Å². The standard InChI is InChI=1S/C21H30N2O5S/c1-28-19(24)18(15-16-7-9-17(10-8-16)23(26)27)22-20(25)21(11-3-4-12-21)13-5-6-14-29-2/h7-10,18H,3-6,11-15H2,1-2H3,(H,22,25). The number of hydrogen-bond acceptors (Lipinski definition) is 6. The summed E-state index contributed by atoms with van der Waals surface area (Å²) in [6, 6.07) is 5.20. The lowest BCUT2D eigenvalue weighted by Crippen LogP contribution is -2.49. The largest absolute Gasteiger partial charge is 0.467 e. The second-order valence-corrected chi connectivity index (χ2v) is 8.60. The van der Waals surface area contributed by atoms with Gasteiger partial charge in [-0.05, 0) is 43.3 Å². The first-order valence-electron chi connectivity index (χ1n) is 10.0. The van der Waals surface area contributed by atoms with E-state index in [1.165, 1.54) is 19.2 Å². The molecule has 0 radical (unpaired) electrons. The first kappa shape index (κ1) is 23.2. The van der Waals surface area contributed by atoms with E-state index in [9.17, 15) is 19.7 Å². The van der Waals surface area contributed by atoms with Crippen LogP contribution in [0, 0.1) is 15.5 Å². The molecule has 0 heterocycles. The van der Waals surface area contributed by atoms with Crippen molar-refractivity contribution < 1.29 is 19.2 Å². The second-order valence-electron chi connectivity index (χ2n) is 7.61. The van der Waals surface area contributed by atoms with Crippen LogP contribution >= 0.6 is 11.8 Å². The average molecular weight is 423 g/mol. The molecule has 0 spiro atoms. The number of amides is 1. The summed E-state index contributed by atoms with van der Waals surface area (Å²) in [4.78, 5) is 35.8. The molecule has 1 aliphatic rings. The highest BCUT2D eigenvalue weighted by molar-refractivity contribution is 7.98. The highest BCUT2D eigenvalue weighted by atomic mass is 32.2. The van der Waals surface area contributed by atoms with Crippen LogP contribution in [0.1, 0.15) is 50.5 Å². The molecule has 1 amide bonds. The van der Waals surface area contributed by atoms with E-state index in [-0.39, 0.29) is 18.0 Å². The first-order valence-corrected chi connectivity index (χ1v) is 11.4. The lowest BCUT2D eigenvalue weighted by atomic mass is 9.80. The summed E-state index contributed by atoms with van der Waals surface area (Å²) in [7, 11) is 1.30. The van der Waals surface area contributed by atoms with Crippen LogP contribution in [0.25, 0.3) is 0 Å². The molecule has 0 bridgehead atoms. The SMILES string of the molecule is COC(=O)C(Cc1ccc([N+](=O)[O-])cc1)NC(=O)C1(CCCCSC)CCCC1. The lowest BCUT2D eigenvalue weighted by Gasteiger charge is -2.30. The van der Waals surface area contributed by atoms with E-state index in [1.54, 1.807) is 12.1 Å². The van der Waals surface area contributed by atoms with Crippen molar-refractivity contribution >= 4 is 29.3 Å². The summed E-state index contributed by atoms with van der Waals surface area (Å²) in [6.45, 7) is 0. The third kappa shape index (κ3) is 6.45. The third-order valence-electron chi connectivity index (χ3n) is 5.67. The van der Waals surface area contributed by atoms with Crippen molar-refractivity contribution in [3.8, 4) is 0 Å². The first-order chi connectivity index (χ1) is 13.9. The van der Waals surface area contributed by atoms with Gasteiger partial charge in [0.15, 0.2) is 0 Å². The maximum atomic E-state index is 13.2. The fraction of sp³-hybridized carbons (Fsp3) is 0.619. The van der Waals surface area contributed by atoms with Crippen LogP contribution in [0.4, 0.5) is 5.69 Å². The van der Waals surface area contributed by atoms with E-state index < -0.39 is 22.3 Å². The number of nitrogens with zero attached hydrogens (tertiary/aromatic N) is 1. The van der Waals surface area contributed by atoms with Crippen molar-refractivity contribution in [2.45, 2.75) is 57.4 Å². The van der Waals surface area contributed by atoms with Crippen LogP contribution in [0.3, 0.4) is 0 Å². The van der Waals surface area contributed by atoms with Crippen LogP contribution < -0.4 is 5.32 Å². The van der Waals surface area contributed by atoms with Gasteiger partial charge >= 0.3 is 5.97 Å². The molecule has 1 fully saturated rings. The second kappa shape index (κ2) is 11.2. The van der Waals surface area contributed by atoms with Gasteiger partial charge in [-0.25, -0.2) is 4.79 Å². The molecule has 2 rings (SSSR count). The van der Waals surface area contributed by atoms with Gasteiger partial charge in [0.1, 0.15) is 6.04 Å². The molecule has 0 saturated heterocycles. The number of nitrogens with one attached hydrogen (secondary N) is 1. The fourth-order valence-corrected chi connectivity index (χ4v) is 4.48. The smallest absolute Gasteiger partial charge is 0.328 e. The van der Waals surface area contributed by atoms with Crippen molar-refractivity contribution in [3.05, 3.63) is 39.9 Å². The number of rotatable bonds is 11. The molecular weight excluding hydrogens is 392 g/mol. The number of ether oxygens (including phenoxy) is 1. The van der Waals surface area contributed by atoms with Gasteiger partial charge < -0.3 is 10.1 Å². The molecule has 1 aliphatic carbocycles. The number of methoxy groups -OCH3 is 1. The van der Waals surface area contributed by atoms with E-state index >= 15 is 0 Å². The fourth-order valence-electron chi connectivity index (χ4n) is 3.99. The van der Waals surface area contributed by atoms with Crippen molar-refractivity contribution in [3.63, 3.8) is 0 Å².